The summed E-state index contributed by atoms with van der Waals surface area (Å²) in [7, 11) is 0. The van der Waals surface area contributed by atoms with E-state index in [-0.39, 0.29) is 11.1 Å². The molecule has 0 radical (unpaired) electrons. The highest BCUT2D eigenvalue weighted by atomic mass is 16.4. The maximum absolute atomic E-state index is 8.95. The quantitative estimate of drug-likeness (QED) is 0.214. The molecule has 0 aromatic carbocycles. The summed E-state index contributed by atoms with van der Waals surface area (Å²) in [4.78, 5) is 0. The lowest BCUT2D eigenvalue weighted by atomic mass is 9.96. The molecule has 0 aliphatic carbocycles. The molecule has 0 aromatic heterocycles. The molecular formula is C14H30N4O2. The number of hydrogen-bond acceptors (Lipinski definition) is 6. The molecule has 0 saturated carbocycles. The molecule has 0 heterocycles. The van der Waals surface area contributed by atoms with Crippen molar-refractivity contribution in [3.8, 4) is 0 Å². The van der Waals surface area contributed by atoms with Crippen LogP contribution in [0.2, 0.25) is 0 Å². The Bertz CT molecular complexity index is 325. The van der Waals surface area contributed by atoms with E-state index < -0.39 is 0 Å². The van der Waals surface area contributed by atoms with Gasteiger partial charge in [0.1, 0.15) is 0 Å². The van der Waals surface area contributed by atoms with E-state index in [1.165, 1.54) is 6.21 Å². The van der Waals surface area contributed by atoms with Crippen molar-refractivity contribution >= 4 is 11.9 Å². The minimum absolute atomic E-state index is 0.278. The van der Waals surface area contributed by atoms with Gasteiger partial charge in [0, 0.05) is 0 Å². The summed E-state index contributed by atoms with van der Waals surface area (Å²) >= 11 is 0. The van der Waals surface area contributed by atoms with E-state index in [9.17, 15) is 0 Å². The van der Waals surface area contributed by atoms with Gasteiger partial charge in [-0.3, -0.25) is 0 Å². The van der Waals surface area contributed by atoms with E-state index in [2.05, 4.69) is 20.9 Å². The zero-order valence-corrected chi connectivity index (χ0v) is 13.4. The normalized spacial score (nSPS) is 14.2. The molecule has 4 N–H and O–H groups in total. The lowest BCUT2D eigenvalue weighted by molar-refractivity contribution is 0.308. The van der Waals surface area contributed by atoms with Crippen molar-refractivity contribution in [1.29, 1.82) is 0 Å². The van der Waals surface area contributed by atoms with Gasteiger partial charge in [-0.15, -0.1) is 5.16 Å². The topological polar surface area (TPSA) is 89.2 Å². The first-order valence-corrected chi connectivity index (χ1v) is 7.19. The van der Waals surface area contributed by atoms with E-state index in [0.29, 0.717) is 0 Å². The Balaban J connectivity index is 3.88. The van der Waals surface area contributed by atoms with Crippen molar-refractivity contribution in [2.75, 3.05) is 13.1 Å². The van der Waals surface area contributed by atoms with E-state index in [1.807, 2.05) is 34.6 Å². The van der Waals surface area contributed by atoms with Gasteiger partial charge in [-0.25, -0.2) is 0 Å². The second kappa shape index (κ2) is 8.92. The maximum atomic E-state index is 8.95. The molecule has 0 amide bonds. The Kier molecular flexibility index (Phi) is 8.41. The van der Waals surface area contributed by atoms with Crippen LogP contribution in [0.5, 0.6) is 0 Å². The molecule has 6 heteroatoms. The number of oxime groups is 2. The van der Waals surface area contributed by atoms with Crippen molar-refractivity contribution in [2.24, 2.45) is 10.3 Å². The van der Waals surface area contributed by atoms with E-state index in [4.69, 9.17) is 10.4 Å². The summed E-state index contributed by atoms with van der Waals surface area (Å²) in [5.41, 5.74) is 0.191. The van der Waals surface area contributed by atoms with Crippen LogP contribution in [0.1, 0.15) is 53.9 Å². The molecule has 118 valence electrons. The maximum Gasteiger partial charge on any atom is 0.0762 e. The van der Waals surface area contributed by atoms with Crippen LogP contribution < -0.4 is 10.6 Å². The predicted molar refractivity (Wildman–Crippen MR) is 83.2 cm³/mol. The Morgan fingerprint density at radius 1 is 1.05 bits per heavy atom. The highest BCUT2D eigenvalue weighted by Gasteiger charge is 2.23. The van der Waals surface area contributed by atoms with Gasteiger partial charge in [-0.2, -0.15) is 0 Å². The first kappa shape index (κ1) is 18.9. The van der Waals surface area contributed by atoms with Crippen LogP contribution in [0.25, 0.3) is 0 Å². The van der Waals surface area contributed by atoms with Crippen LogP contribution in [0.4, 0.5) is 0 Å². The fourth-order valence-electron chi connectivity index (χ4n) is 1.99. The van der Waals surface area contributed by atoms with Gasteiger partial charge in [0.05, 0.1) is 23.0 Å². The average molecular weight is 286 g/mol. The molecule has 0 aliphatic rings. The zero-order valence-electron chi connectivity index (χ0n) is 13.4. The summed E-state index contributed by atoms with van der Waals surface area (Å²) in [6.45, 7) is 11.7. The second-order valence-electron chi connectivity index (χ2n) is 6.05. The molecule has 6 nitrogen and oxygen atoms in total. The van der Waals surface area contributed by atoms with Crippen LogP contribution in [0.15, 0.2) is 10.3 Å². The van der Waals surface area contributed by atoms with Crippen molar-refractivity contribution in [1.82, 2.24) is 10.6 Å². The van der Waals surface area contributed by atoms with Crippen molar-refractivity contribution in [3.63, 3.8) is 0 Å². The first-order valence-electron chi connectivity index (χ1n) is 7.19. The largest absolute Gasteiger partial charge is 0.411 e. The van der Waals surface area contributed by atoms with Gasteiger partial charge in [0.25, 0.3) is 0 Å². The molecule has 0 unspecified atom stereocenters. The summed E-state index contributed by atoms with van der Waals surface area (Å²) in [6, 6.07) is 0. The van der Waals surface area contributed by atoms with E-state index in [0.717, 1.165) is 38.1 Å². The van der Waals surface area contributed by atoms with Gasteiger partial charge in [-0.1, -0.05) is 12.1 Å². The number of hydrogen-bond donors (Lipinski definition) is 4. The zero-order chi connectivity index (χ0) is 15.6. The van der Waals surface area contributed by atoms with E-state index >= 15 is 0 Å². The van der Waals surface area contributed by atoms with Crippen LogP contribution in [0, 0.1) is 0 Å². The minimum Gasteiger partial charge on any atom is -0.411 e. The highest BCUT2D eigenvalue weighted by molar-refractivity contribution is 5.92. The summed E-state index contributed by atoms with van der Waals surface area (Å²) in [6.07, 6.45) is 4.25. The number of nitrogens with one attached hydrogen (secondary N) is 2. The average Bonchev–Trinajstić information content (AvgIpc) is 2.34. The molecule has 0 aromatic rings. The predicted octanol–water partition coefficient (Wildman–Crippen LogP) is 2.20. The molecular weight excluding hydrogens is 256 g/mol. The number of nitrogens with zero attached hydrogens (tertiary/aromatic N) is 2. The van der Waals surface area contributed by atoms with E-state index in [1.54, 1.807) is 0 Å². The van der Waals surface area contributed by atoms with Gasteiger partial charge < -0.3 is 21.0 Å². The molecule has 0 atom stereocenters. The van der Waals surface area contributed by atoms with Crippen LogP contribution in [-0.2, 0) is 0 Å². The molecule has 0 fully saturated rings. The third-order valence-corrected chi connectivity index (χ3v) is 3.31. The lowest BCUT2D eigenvalue weighted by Gasteiger charge is -2.27. The second-order valence-corrected chi connectivity index (χ2v) is 6.05. The summed E-state index contributed by atoms with van der Waals surface area (Å²) in [5.74, 6) is 0. The smallest absolute Gasteiger partial charge is 0.0762 e. The molecule has 0 bridgehead atoms. The van der Waals surface area contributed by atoms with Crippen molar-refractivity contribution < 1.29 is 10.4 Å². The summed E-state index contributed by atoms with van der Waals surface area (Å²) < 4.78 is 0. The van der Waals surface area contributed by atoms with Gasteiger partial charge in [0.2, 0.25) is 0 Å². The Hall–Kier alpha value is -1.14. The SMILES string of the molecule is CCC(=NO)C(C)(C)NCCCCNC(C)(C)C=NO. The fraction of sp³-hybridized carbons (Fsp3) is 0.857. The Morgan fingerprint density at radius 3 is 2.05 bits per heavy atom. The summed E-state index contributed by atoms with van der Waals surface area (Å²) in [5, 5.41) is 30.6. The van der Waals surface area contributed by atoms with Gasteiger partial charge in [0.15, 0.2) is 0 Å². The molecule has 20 heavy (non-hydrogen) atoms. The van der Waals surface area contributed by atoms with Gasteiger partial charge in [-0.05, 0) is 60.0 Å². The van der Waals surface area contributed by atoms with Crippen molar-refractivity contribution in [3.05, 3.63) is 0 Å². The monoisotopic (exact) mass is 286 g/mol. The third-order valence-electron chi connectivity index (χ3n) is 3.31. The Morgan fingerprint density at radius 2 is 1.60 bits per heavy atom. The molecule has 0 aliphatic heterocycles. The molecule has 0 spiro atoms. The number of unbranched alkanes of at least 4 members (excludes halogenated alkanes) is 1. The third kappa shape index (κ3) is 7.45. The fourth-order valence-corrected chi connectivity index (χ4v) is 1.99. The molecule has 0 rings (SSSR count). The first-order chi connectivity index (χ1) is 9.29. The highest BCUT2D eigenvalue weighted by Crippen LogP contribution is 2.08. The molecule has 0 saturated heterocycles. The Labute approximate surface area is 122 Å². The van der Waals surface area contributed by atoms with Crippen LogP contribution in [0.3, 0.4) is 0 Å². The van der Waals surface area contributed by atoms with Crippen LogP contribution in [-0.4, -0.2) is 46.5 Å². The minimum atomic E-state index is -0.291. The lowest BCUT2D eigenvalue weighted by Crippen LogP contribution is -2.47. The van der Waals surface area contributed by atoms with Crippen LogP contribution >= 0.6 is 0 Å². The van der Waals surface area contributed by atoms with Crippen molar-refractivity contribution in [2.45, 2.75) is 65.0 Å². The standard InChI is InChI=1S/C14H30N4O2/c1-6-12(18-20)14(4,5)16-10-8-7-9-15-13(2,3)11-17-19/h11,15-16,19-20H,6-10H2,1-5H3. The van der Waals surface area contributed by atoms with Gasteiger partial charge >= 0.3 is 0 Å². The number of rotatable bonds is 10.